The van der Waals surface area contributed by atoms with Crippen molar-refractivity contribution in [1.82, 2.24) is 0 Å². The molecule has 3 N–H and O–H groups in total. The maximum absolute atomic E-state index is 12.5. The zero-order valence-corrected chi connectivity index (χ0v) is 19.0. The molecule has 0 bridgehead atoms. The molecule has 0 aliphatic rings. The summed E-state index contributed by atoms with van der Waals surface area (Å²) in [6.45, 7) is 3.90. The molecule has 0 saturated carbocycles. The fourth-order valence-corrected chi connectivity index (χ4v) is 3.98. The van der Waals surface area contributed by atoms with Gasteiger partial charge in [0.05, 0.1) is 16.0 Å². The highest BCUT2D eigenvalue weighted by Gasteiger charge is 2.16. The first-order chi connectivity index (χ1) is 14.4. The third-order valence-corrected chi connectivity index (χ3v) is 5.84. The topological polar surface area (TPSA) is 53.2 Å². The van der Waals surface area contributed by atoms with Gasteiger partial charge in [0.1, 0.15) is 0 Å². The van der Waals surface area contributed by atoms with Crippen LogP contribution < -0.4 is 16.0 Å². The molecule has 7 heteroatoms. The fraction of sp³-hybridized carbons (Fsp3) is 0.130. The van der Waals surface area contributed by atoms with Crippen molar-refractivity contribution in [1.29, 1.82) is 0 Å². The number of carbonyl (C=O) groups excluding carboxylic acids is 1. The lowest BCUT2D eigenvalue weighted by molar-refractivity contribution is -0.115. The Balaban J connectivity index is 1.57. The molecular weight excluding hydrogens is 434 g/mol. The molecule has 3 aromatic rings. The van der Waals surface area contributed by atoms with Gasteiger partial charge in [-0.25, -0.2) is 0 Å². The molecule has 3 aromatic carbocycles. The van der Waals surface area contributed by atoms with E-state index in [1.54, 1.807) is 12.1 Å². The second kappa shape index (κ2) is 10.5. The van der Waals surface area contributed by atoms with Gasteiger partial charge in [0.15, 0.2) is 5.11 Å². The first-order valence-electron chi connectivity index (χ1n) is 9.37. The molecule has 4 nitrogen and oxygen atoms in total. The number of carbonyl (C=O) groups is 1. The lowest BCUT2D eigenvalue weighted by atomic mass is 10.2. The number of amides is 1. The van der Waals surface area contributed by atoms with Gasteiger partial charge in [-0.05, 0) is 68.5 Å². The number of hydrogen-bond donors (Lipinski definition) is 3. The van der Waals surface area contributed by atoms with Crippen molar-refractivity contribution in [2.24, 2.45) is 0 Å². The molecule has 0 aliphatic heterocycles. The minimum atomic E-state index is -0.297. The maximum Gasteiger partial charge on any atom is 0.237 e. The van der Waals surface area contributed by atoms with Crippen LogP contribution in [0.5, 0.6) is 0 Å². The first kappa shape index (κ1) is 22.2. The van der Waals surface area contributed by atoms with E-state index in [9.17, 15) is 4.79 Å². The molecule has 0 aromatic heterocycles. The largest absolute Gasteiger partial charge is 0.332 e. The summed E-state index contributed by atoms with van der Waals surface area (Å²) in [4.78, 5) is 13.5. The van der Waals surface area contributed by atoms with Gasteiger partial charge in [-0.3, -0.25) is 4.79 Å². The highest BCUT2D eigenvalue weighted by molar-refractivity contribution is 8.00. The van der Waals surface area contributed by atoms with Crippen molar-refractivity contribution >= 4 is 63.7 Å². The molecule has 30 heavy (non-hydrogen) atoms. The summed E-state index contributed by atoms with van der Waals surface area (Å²) >= 11 is 13.0. The normalized spacial score (nSPS) is 11.4. The van der Waals surface area contributed by atoms with E-state index in [1.807, 2.05) is 74.5 Å². The lowest BCUT2D eigenvalue weighted by Crippen LogP contribution is -2.22. The van der Waals surface area contributed by atoms with Crippen molar-refractivity contribution in [3.05, 3.63) is 83.4 Å². The van der Waals surface area contributed by atoms with Gasteiger partial charge < -0.3 is 16.0 Å². The molecule has 1 amide bonds. The van der Waals surface area contributed by atoms with Gasteiger partial charge in [-0.1, -0.05) is 47.5 Å². The van der Waals surface area contributed by atoms with Crippen molar-refractivity contribution in [2.45, 2.75) is 24.0 Å². The smallest absolute Gasteiger partial charge is 0.237 e. The first-order valence-corrected chi connectivity index (χ1v) is 11.0. The van der Waals surface area contributed by atoms with Crippen LogP contribution in [0, 0.1) is 6.92 Å². The quantitative estimate of drug-likeness (QED) is 0.289. The van der Waals surface area contributed by atoms with E-state index >= 15 is 0 Å². The van der Waals surface area contributed by atoms with E-state index in [0.717, 1.165) is 16.3 Å². The number of hydrogen-bond acceptors (Lipinski definition) is 3. The Bertz CT molecular complexity index is 1040. The van der Waals surface area contributed by atoms with E-state index in [-0.39, 0.29) is 11.2 Å². The van der Waals surface area contributed by atoms with Crippen molar-refractivity contribution in [3.8, 4) is 0 Å². The van der Waals surface area contributed by atoms with Crippen molar-refractivity contribution < 1.29 is 4.79 Å². The second-order valence-electron chi connectivity index (χ2n) is 6.70. The molecule has 0 radical (unpaired) electrons. The minimum absolute atomic E-state index is 0.108. The Kier molecular flexibility index (Phi) is 7.74. The summed E-state index contributed by atoms with van der Waals surface area (Å²) in [5.74, 6) is -0.108. The number of thioether (sulfide) groups is 1. The summed E-state index contributed by atoms with van der Waals surface area (Å²) in [6, 6.07) is 23.0. The van der Waals surface area contributed by atoms with Crippen LogP contribution in [-0.2, 0) is 4.79 Å². The summed E-state index contributed by atoms with van der Waals surface area (Å²) in [6.07, 6.45) is 0. The van der Waals surface area contributed by atoms with Crippen molar-refractivity contribution in [2.75, 3.05) is 16.0 Å². The monoisotopic (exact) mass is 455 g/mol. The van der Waals surface area contributed by atoms with E-state index in [2.05, 4.69) is 16.0 Å². The van der Waals surface area contributed by atoms with Gasteiger partial charge in [-0.15, -0.1) is 11.8 Å². The third-order valence-electron chi connectivity index (χ3n) is 4.22. The molecule has 0 fully saturated rings. The number of para-hydroxylation sites is 1. The van der Waals surface area contributed by atoms with Crippen LogP contribution in [-0.4, -0.2) is 16.3 Å². The predicted molar refractivity (Wildman–Crippen MR) is 133 cm³/mol. The van der Waals surface area contributed by atoms with Gasteiger partial charge >= 0.3 is 0 Å². The average Bonchev–Trinajstić information content (AvgIpc) is 2.71. The SMILES string of the molecule is Cc1ccc(NC(=S)Nc2cccc(SC(C)C(=O)Nc3ccccc3Cl)c2)cc1. The van der Waals surface area contributed by atoms with Gasteiger partial charge in [0.2, 0.25) is 5.91 Å². The van der Waals surface area contributed by atoms with Gasteiger partial charge in [0, 0.05) is 16.3 Å². The molecule has 154 valence electrons. The Morgan fingerprint density at radius 2 is 1.63 bits per heavy atom. The zero-order valence-electron chi connectivity index (χ0n) is 16.6. The number of rotatable bonds is 6. The highest BCUT2D eigenvalue weighted by atomic mass is 35.5. The predicted octanol–water partition coefficient (Wildman–Crippen LogP) is 6.58. The minimum Gasteiger partial charge on any atom is -0.332 e. The number of anilines is 3. The summed E-state index contributed by atoms with van der Waals surface area (Å²) in [7, 11) is 0. The van der Waals surface area contributed by atoms with Gasteiger partial charge in [0.25, 0.3) is 0 Å². The summed E-state index contributed by atoms with van der Waals surface area (Å²) < 4.78 is 0. The Hall–Kier alpha value is -2.54. The van der Waals surface area contributed by atoms with Crippen LogP contribution in [0.1, 0.15) is 12.5 Å². The maximum atomic E-state index is 12.5. The fourth-order valence-electron chi connectivity index (χ4n) is 2.63. The Morgan fingerprint density at radius 1 is 0.933 bits per heavy atom. The molecular formula is C23H22ClN3OS2. The molecule has 1 atom stereocenters. The Morgan fingerprint density at radius 3 is 2.37 bits per heavy atom. The number of thiocarbonyl (C=S) groups is 1. The number of halogens is 1. The van der Waals surface area contributed by atoms with Crippen LogP contribution in [0.4, 0.5) is 17.1 Å². The van der Waals surface area contributed by atoms with Crippen LogP contribution >= 0.6 is 35.6 Å². The van der Waals surface area contributed by atoms with E-state index < -0.39 is 0 Å². The molecule has 0 aliphatic carbocycles. The van der Waals surface area contributed by atoms with Crippen LogP contribution in [0.15, 0.2) is 77.7 Å². The van der Waals surface area contributed by atoms with E-state index in [4.69, 9.17) is 23.8 Å². The highest BCUT2D eigenvalue weighted by Crippen LogP contribution is 2.28. The molecule has 0 spiro atoms. The number of aryl methyl sites for hydroxylation is 1. The zero-order chi connectivity index (χ0) is 21.5. The number of benzene rings is 3. The number of nitrogens with one attached hydrogen (secondary N) is 3. The molecule has 3 rings (SSSR count). The molecule has 0 heterocycles. The lowest BCUT2D eigenvalue weighted by Gasteiger charge is -2.14. The summed E-state index contributed by atoms with van der Waals surface area (Å²) in [5, 5.41) is 9.95. The van der Waals surface area contributed by atoms with E-state index in [1.165, 1.54) is 17.3 Å². The molecule has 0 saturated heterocycles. The van der Waals surface area contributed by atoms with Crippen LogP contribution in [0.2, 0.25) is 5.02 Å². The Labute approximate surface area is 191 Å². The third kappa shape index (κ3) is 6.49. The summed E-state index contributed by atoms with van der Waals surface area (Å²) in [5.41, 5.74) is 3.58. The standard InChI is InChI=1S/C23H22ClN3OS2/c1-15-10-12-17(13-11-15)25-23(29)26-18-6-5-7-19(14-18)30-16(2)22(28)27-21-9-4-3-8-20(21)24/h3-14,16H,1-2H3,(H,27,28)(H2,25,26,29). The van der Waals surface area contributed by atoms with Crippen LogP contribution in [0.3, 0.4) is 0 Å². The van der Waals surface area contributed by atoms with Crippen LogP contribution in [0.25, 0.3) is 0 Å². The molecule has 1 unspecified atom stereocenters. The second-order valence-corrected chi connectivity index (χ2v) is 8.93. The average molecular weight is 456 g/mol. The van der Waals surface area contributed by atoms with E-state index in [0.29, 0.717) is 15.8 Å². The van der Waals surface area contributed by atoms with Gasteiger partial charge in [-0.2, -0.15) is 0 Å². The van der Waals surface area contributed by atoms with Crippen molar-refractivity contribution in [3.63, 3.8) is 0 Å².